The monoisotopic (exact) mass is 533 g/mol. The number of aromatic amines is 1. The number of hydrogen-bond acceptors (Lipinski definition) is 8. The van der Waals surface area contributed by atoms with Crippen molar-refractivity contribution >= 4 is 34.9 Å². The third kappa shape index (κ3) is 7.81. The van der Waals surface area contributed by atoms with Crippen molar-refractivity contribution in [1.82, 2.24) is 24.8 Å². The summed E-state index contributed by atoms with van der Waals surface area (Å²) in [7, 11) is 0. The molecule has 0 saturated carbocycles. The van der Waals surface area contributed by atoms with Crippen LogP contribution in [0.2, 0.25) is 0 Å². The third-order valence-corrected chi connectivity index (χ3v) is 5.94. The molecule has 204 valence electrons. The molecular weight excluding hydrogens is 502 g/mol. The number of imidazole rings is 1. The minimum atomic E-state index is -1.37. The number of aryl methyl sites for hydroxylation is 1. The van der Waals surface area contributed by atoms with E-state index in [1.54, 1.807) is 31.2 Å². The smallest absolute Gasteiger partial charge is 0.408 e. The molecule has 0 radical (unpaired) electrons. The molecule has 4 aromatic rings. The average molecular weight is 534 g/mol. The summed E-state index contributed by atoms with van der Waals surface area (Å²) in [6, 6.07) is 15.5. The van der Waals surface area contributed by atoms with Crippen LogP contribution >= 0.6 is 0 Å². The lowest BCUT2D eigenvalue weighted by atomic mass is 10.2. The first-order valence-electron chi connectivity index (χ1n) is 12.6. The number of rotatable bonds is 13. The van der Waals surface area contributed by atoms with Gasteiger partial charge in [-0.2, -0.15) is 4.98 Å². The number of para-hydroxylation sites is 2. The lowest BCUT2D eigenvalue weighted by Crippen LogP contribution is -2.45. The standard InChI is InChI=1S/C27H31N7O5/c1-18-15-34(16-22(24(35)36)32-27(38)39-17-19-9-3-2-4-10-19)26(37)33-23(18)28-13-7-8-14-29-25-30-20-11-5-6-12-21(20)31-25/h2-6,9-12,15,22H,7-8,13-14,16-17H2,1H3,(H,32,38)(H,35,36)(H,28,33,37)(H2,29,30,31)/t22-/m0/s1. The number of nitrogens with zero attached hydrogens (tertiary/aromatic N) is 3. The normalized spacial score (nSPS) is 11.6. The van der Waals surface area contributed by atoms with E-state index < -0.39 is 23.8 Å². The second kappa shape index (κ2) is 13.1. The van der Waals surface area contributed by atoms with Gasteiger partial charge in [0.1, 0.15) is 18.5 Å². The highest BCUT2D eigenvalue weighted by Gasteiger charge is 2.22. The van der Waals surface area contributed by atoms with Gasteiger partial charge >= 0.3 is 17.8 Å². The molecule has 2 aromatic heterocycles. The van der Waals surface area contributed by atoms with Gasteiger partial charge in [0.25, 0.3) is 0 Å². The number of unbranched alkanes of at least 4 members (excludes halogenated alkanes) is 1. The Morgan fingerprint density at radius 3 is 2.49 bits per heavy atom. The first-order chi connectivity index (χ1) is 18.9. The van der Waals surface area contributed by atoms with E-state index in [1.165, 1.54) is 6.20 Å². The Kier molecular flexibility index (Phi) is 9.11. The van der Waals surface area contributed by atoms with Crippen molar-refractivity contribution in [3.8, 4) is 0 Å². The number of amides is 1. The van der Waals surface area contributed by atoms with Crippen LogP contribution < -0.4 is 21.6 Å². The maximum absolute atomic E-state index is 12.6. The molecule has 1 amide bonds. The van der Waals surface area contributed by atoms with Crippen LogP contribution in [0.1, 0.15) is 24.0 Å². The molecule has 39 heavy (non-hydrogen) atoms. The first kappa shape index (κ1) is 27.2. The van der Waals surface area contributed by atoms with E-state index in [-0.39, 0.29) is 13.2 Å². The number of carboxylic acids is 1. The van der Waals surface area contributed by atoms with Crippen molar-refractivity contribution in [1.29, 1.82) is 0 Å². The molecule has 2 aromatic carbocycles. The molecule has 0 spiro atoms. The molecular formula is C27H31N7O5. The lowest BCUT2D eigenvalue weighted by Gasteiger charge is -2.17. The Balaban J connectivity index is 1.23. The third-order valence-electron chi connectivity index (χ3n) is 5.94. The summed E-state index contributed by atoms with van der Waals surface area (Å²) >= 11 is 0. The highest BCUT2D eigenvalue weighted by atomic mass is 16.5. The van der Waals surface area contributed by atoms with E-state index in [0.29, 0.717) is 17.9 Å². The van der Waals surface area contributed by atoms with Crippen LogP contribution in [0.15, 0.2) is 65.6 Å². The number of fused-ring (bicyclic) bond motifs is 1. The van der Waals surface area contributed by atoms with Crippen molar-refractivity contribution in [3.63, 3.8) is 0 Å². The van der Waals surface area contributed by atoms with Gasteiger partial charge in [0, 0.05) is 24.8 Å². The highest BCUT2D eigenvalue weighted by Crippen LogP contribution is 2.13. The van der Waals surface area contributed by atoms with E-state index in [9.17, 15) is 19.5 Å². The summed E-state index contributed by atoms with van der Waals surface area (Å²) in [5.74, 6) is -0.137. The maximum atomic E-state index is 12.6. The Morgan fingerprint density at radius 1 is 1.03 bits per heavy atom. The van der Waals surface area contributed by atoms with Crippen LogP contribution in [-0.2, 0) is 22.7 Å². The van der Waals surface area contributed by atoms with E-state index in [1.807, 2.05) is 30.3 Å². The van der Waals surface area contributed by atoms with Crippen molar-refractivity contribution in [3.05, 3.63) is 82.4 Å². The number of benzene rings is 2. The molecule has 12 nitrogen and oxygen atoms in total. The van der Waals surface area contributed by atoms with Crippen molar-refractivity contribution in [2.45, 2.75) is 39.0 Å². The van der Waals surface area contributed by atoms with Gasteiger partial charge in [-0.05, 0) is 37.5 Å². The number of carbonyl (C=O) groups is 2. The number of nitrogens with one attached hydrogen (secondary N) is 4. The first-order valence-corrected chi connectivity index (χ1v) is 12.6. The van der Waals surface area contributed by atoms with Crippen LogP contribution in [0, 0.1) is 6.92 Å². The summed E-state index contributed by atoms with van der Waals surface area (Å²) in [6.45, 7) is 2.80. The Bertz CT molecular complexity index is 1440. The number of ether oxygens (including phenoxy) is 1. The van der Waals surface area contributed by atoms with Crippen molar-refractivity contribution in [2.24, 2.45) is 0 Å². The fourth-order valence-corrected chi connectivity index (χ4v) is 3.90. The van der Waals surface area contributed by atoms with E-state index in [4.69, 9.17) is 4.74 Å². The van der Waals surface area contributed by atoms with Crippen LogP contribution in [0.25, 0.3) is 11.0 Å². The number of H-pyrrole nitrogens is 1. The van der Waals surface area contributed by atoms with Gasteiger partial charge < -0.3 is 30.8 Å². The van der Waals surface area contributed by atoms with Gasteiger partial charge in [-0.1, -0.05) is 42.5 Å². The van der Waals surface area contributed by atoms with Gasteiger partial charge in [0.05, 0.1) is 17.6 Å². The van der Waals surface area contributed by atoms with Crippen LogP contribution in [0.5, 0.6) is 0 Å². The van der Waals surface area contributed by atoms with Gasteiger partial charge in [0.15, 0.2) is 0 Å². The topological polar surface area (TPSA) is 163 Å². The Labute approximate surface area is 224 Å². The average Bonchev–Trinajstić information content (AvgIpc) is 3.35. The largest absolute Gasteiger partial charge is 0.480 e. The summed E-state index contributed by atoms with van der Waals surface area (Å²) in [6.07, 6.45) is 2.32. The summed E-state index contributed by atoms with van der Waals surface area (Å²) in [5, 5.41) is 18.3. The fourth-order valence-electron chi connectivity index (χ4n) is 3.90. The van der Waals surface area contributed by atoms with Crippen molar-refractivity contribution in [2.75, 3.05) is 23.7 Å². The predicted molar refractivity (Wildman–Crippen MR) is 147 cm³/mol. The van der Waals surface area contributed by atoms with Crippen LogP contribution in [0.4, 0.5) is 16.6 Å². The molecule has 0 fully saturated rings. The predicted octanol–water partition coefficient (Wildman–Crippen LogP) is 3.11. The summed E-state index contributed by atoms with van der Waals surface area (Å²) in [4.78, 5) is 48.2. The van der Waals surface area contributed by atoms with Crippen molar-refractivity contribution < 1.29 is 19.4 Å². The molecule has 0 aliphatic rings. The lowest BCUT2D eigenvalue weighted by molar-refractivity contribution is -0.139. The molecule has 5 N–H and O–H groups in total. The second-order valence-electron chi connectivity index (χ2n) is 8.97. The molecule has 0 bridgehead atoms. The number of hydrogen-bond donors (Lipinski definition) is 5. The number of aromatic nitrogens is 4. The SMILES string of the molecule is Cc1cn(C[C@H](NC(=O)OCc2ccccc2)C(=O)O)c(=O)nc1NCCCCNc1nc2ccccc2[nH]1. The zero-order chi connectivity index (χ0) is 27.6. The molecule has 12 heteroatoms. The fraction of sp³-hybridized carbons (Fsp3) is 0.296. The second-order valence-corrected chi connectivity index (χ2v) is 8.97. The quantitative estimate of drug-likeness (QED) is 0.162. The maximum Gasteiger partial charge on any atom is 0.408 e. The zero-order valence-electron chi connectivity index (χ0n) is 21.5. The summed E-state index contributed by atoms with van der Waals surface area (Å²) < 4.78 is 6.26. The van der Waals surface area contributed by atoms with E-state index in [2.05, 4.69) is 30.9 Å². The molecule has 2 heterocycles. The van der Waals surface area contributed by atoms with E-state index >= 15 is 0 Å². The minimum Gasteiger partial charge on any atom is -0.480 e. The van der Waals surface area contributed by atoms with Gasteiger partial charge in [-0.15, -0.1) is 0 Å². The minimum absolute atomic E-state index is 0.00401. The van der Waals surface area contributed by atoms with Gasteiger partial charge in [0.2, 0.25) is 5.95 Å². The van der Waals surface area contributed by atoms with Crippen LogP contribution in [0.3, 0.4) is 0 Å². The number of carbonyl (C=O) groups excluding carboxylic acids is 1. The number of aliphatic carboxylic acids is 1. The molecule has 0 unspecified atom stereocenters. The number of carboxylic acid groups (broad SMARTS) is 1. The van der Waals surface area contributed by atoms with Gasteiger partial charge in [-0.3, -0.25) is 4.57 Å². The van der Waals surface area contributed by atoms with Crippen LogP contribution in [-0.4, -0.2) is 55.8 Å². The molecule has 4 rings (SSSR count). The highest BCUT2D eigenvalue weighted by molar-refractivity contribution is 5.80. The molecule has 0 saturated heterocycles. The Morgan fingerprint density at radius 2 is 1.74 bits per heavy atom. The zero-order valence-corrected chi connectivity index (χ0v) is 21.5. The number of anilines is 2. The Hall–Kier alpha value is -4.87. The van der Waals surface area contributed by atoms with Gasteiger partial charge in [-0.25, -0.2) is 19.4 Å². The number of alkyl carbamates (subject to hydrolysis) is 1. The molecule has 1 atom stereocenters. The molecule has 0 aliphatic heterocycles. The van der Waals surface area contributed by atoms with E-state index in [0.717, 1.165) is 46.5 Å². The summed E-state index contributed by atoms with van der Waals surface area (Å²) in [5.41, 5.74) is 2.70. The molecule has 0 aliphatic carbocycles.